The Hall–Kier alpha value is -2.28. The minimum atomic E-state index is -0.0411. The SMILES string of the molecule is CCC(=O)OC1CCC2C3CCC4=CC(=O)CCC4(C)C3CCC12C.CN(C)CCCN1c2ccccc2Sc2ccc(Cl)cc21. The molecule has 0 radical (unpaired) electrons. The number of carbonyl (C=O) groups excluding carboxylic acids is 2. The van der Waals surface area contributed by atoms with E-state index in [0.29, 0.717) is 24.0 Å². The van der Waals surface area contributed by atoms with E-state index in [1.54, 1.807) is 0 Å². The molecule has 5 nitrogen and oxygen atoms in total. The lowest BCUT2D eigenvalue weighted by Gasteiger charge is -2.57. The molecule has 0 spiro atoms. The topological polar surface area (TPSA) is 49.9 Å². The lowest BCUT2D eigenvalue weighted by molar-refractivity contribution is -0.159. The van der Waals surface area contributed by atoms with Crippen LogP contribution in [0, 0.1) is 28.6 Å². The van der Waals surface area contributed by atoms with Crippen molar-refractivity contribution in [3.05, 3.63) is 59.1 Å². The van der Waals surface area contributed by atoms with Crippen LogP contribution in [0.5, 0.6) is 0 Å². The smallest absolute Gasteiger partial charge is 0.305 e. The van der Waals surface area contributed by atoms with Gasteiger partial charge in [0, 0.05) is 39.6 Å². The van der Waals surface area contributed by atoms with Crippen LogP contribution in [0.15, 0.2) is 63.9 Å². The van der Waals surface area contributed by atoms with Gasteiger partial charge < -0.3 is 14.5 Å². The molecule has 3 fully saturated rings. The van der Waals surface area contributed by atoms with Crippen molar-refractivity contribution in [3.8, 4) is 0 Å². The lowest BCUT2D eigenvalue weighted by Crippen LogP contribution is -2.51. The number of para-hydroxylation sites is 1. The van der Waals surface area contributed by atoms with Crippen LogP contribution in [0.4, 0.5) is 11.4 Å². The monoisotopic (exact) mass is 662 g/mol. The van der Waals surface area contributed by atoms with Crippen LogP contribution in [0.25, 0.3) is 0 Å². The molecular weight excluding hydrogens is 612 g/mol. The number of allylic oxidation sites excluding steroid dienone is 1. The molecule has 4 aliphatic carbocycles. The molecule has 0 aromatic heterocycles. The predicted molar refractivity (Wildman–Crippen MR) is 189 cm³/mol. The van der Waals surface area contributed by atoms with Crippen molar-refractivity contribution in [2.24, 2.45) is 28.6 Å². The predicted octanol–water partition coefficient (Wildman–Crippen LogP) is 9.73. The van der Waals surface area contributed by atoms with E-state index in [2.05, 4.69) is 74.1 Å². The Balaban J connectivity index is 0.000000164. The summed E-state index contributed by atoms with van der Waals surface area (Å²) in [5.41, 5.74) is 4.34. The molecule has 46 heavy (non-hydrogen) atoms. The quantitative estimate of drug-likeness (QED) is 0.287. The Morgan fingerprint density at radius 1 is 1.00 bits per heavy atom. The van der Waals surface area contributed by atoms with Crippen molar-refractivity contribution in [1.82, 2.24) is 4.90 Å². The van der Waals surface area contributed by atoms with Gasteiger partial charge in [-0.05, 0) is 132 Å². The molecule has 6 unspecified atom stereocenters. The van der Waals surface area contributed by atoms with E-state index in [0.717, 1.165) is 62.6 Å². The first kappa shape index (κ1) is 33.6. The molecule has 248 valence electrons. The number of fused-ring (bicyclic) bond motifs is 7. The number of hydrogen-bond acceptors (Lipinski definition) is 6. The summed E-state index contributed by atoms with van der Waals surface area (Å²) in [6, 6.07) is 14.8. The van der Waals surface area contributed by atoms with Crippen molar-refractivity contribution in [2.45, 2.75) is 101 Å². The van der Waals surface area contributed by atoms with Gasteiger partial charge in [-0.2, -0.15) is 0 Å². The third-order valence-corrected chi connectivity index (χ3v) is 13.4. The molecule has 7 heteroatoms. The molecule has 6 atom stereocenters. The van der Waals surface area contributed by atoms with Crippen LogP contribution in [0.2, 0.25) is 5.02 Å². The van der Waals surface area contributed by atoms with Gasteiger partial charge in [-0.25, -0.2) is 0 Å². The standard InChI is InChI=1S/C22H32O3.C17H19ClN2S/c1-4-20(24)25-19-8-7-17-16-6-5-14-13-15(23)9-11-21(14,2)18(16)10-12-22(17,19)3;1-19(2)10-5-11-20-14-6-3-4-7-16(14)21-17-9-8-13(18)12-15(17)20/h13,16-19H,4-12H2,1-3H3;3-4,6-9,12H,5,10-11H2,1-2H3. The average Bonchev–Trinajstić information content (AvgIpc) is 3.37. The molecule has 5 aliphatic rings. The zero-order valence-electron chi connectivity index (χ0n) is 28.3. The highest BCUT2D eigenvalue weighted by molar-refractivity contribution is 7.99. The molecule has 0 bridgehead atoms. The Labute approximate surface area is 285 Å². The number of esters is 1. The van der Waals surface area contributed by atoms with Crippen molar-refractivity contribution in [3.63, 3.8) is 0 Å². The van der Waals surface area contributed by atoms with E-state index >= 15 is 0 Å². The fraction of sp³-hybridized carbons (Fsp3) is 0.590. The molecular formula is C39H51ClN2O3S. The van der Waals surface area contributed by atoms with Crippen LogP contribution in [0.1, 0.15) is 85.0 Å². The molecule has 2 aromatic rings. The number of hydrogen-bond donors (Lipinski definition) is 0. The van der Waals surface area contributed by atoms with Gasteiger partial charge in [-0.3, -0.25) is 9.59 Å². The fourth-order valence-electron chi connectivity index (χ4n) is 9.54. The molecule has 0 saturated heterocycles. The van der Waals surface area contributed by atoms with Gasteiger partial charge >= 0.3 is 5.97 Å². The van der Waals surface area contributed by atoms with Crippen molar-refractivity contribution in [1.29, 1.82) is 0 Å². The number of ether oxygens (including phenoxy) is 1. The number of ketones is 1. The third kappa shape index (κ3) is 6.43. The summed E-state index contributed by atoms with van der Waals surface area (Å²) < 4.78 is 5.86. The van der Waals surface area contributed by atoms with Gasteiger partial charge in [-0.1, -0.05) is 61.8 Å². The number of anilines is 2. The Morgan fingerprint density at radius 2 is 1.78 bits per heavy atom. The molecule has 0 N–H and O–H groups in total. The summed E-state index contributed by atoms with van der Waals surface area (Å²) >= 11 is 8.03. The maximum absolute atomic E-state index is 11.9. The first-order valence-corrected chi connectivity index (χ1v) is 18.6. The van der Waals surface area contributed by atoms with Crippen molar-refractivity contribution >= 4 is 46.5 Å². The maximum Gasteiger partial charge on any atom is 0.305 e. The van der Waals surface area contributed by atoms with Gasteiger partial charge in [-0.15, -0.1) is 0 Å². The molecule has 7 rings (SSSR count). The van der Waals surface area contributed by atoms with Gasteiger partial charge in [0.15, 0.2) is 5.78 Å². The largest absolute Gasteiger partial charge is 0.462 e. The average molecular weight is 663 g/mol. The van der Waals surface area contributed by atoms with Crippen LogP contribution < -0.4 is 4.90 Å². The minimum Gasteiger partial charge on any atom is -0.462 e. The Kier molecular flexibility index (Phi) is 10.00. The highest BCUT2D eigenvalue weighted by Crippen LogP contribution is 2.65. The molecule has 3 saturated carbocycles. The second-order valence-electron chi connectivity index (χ2n) is 14.9. The summed E-state index contributed by atoms with van der Waals surface area (Å²) in [4.78, 5) is 31.0. The Morgan fingerprint density at radius 3 is 2.57 bits per heavy atom. The van der Waals surface area contributed by atoms with E-state index in [-0.39, 0.29) is 22.9 Å². The van der Waals surface area contributed by atoms with Crippen LogP contribution in [-0.2, 0) is 14.3 Å². The number of benzene rings is 2. The summed E-state index contributed by atoms with van der Waals surface area (Å²) in [5.74, 6) is 2.41. The summed E-state index contributed by atoms with van der Waals surface area (Å²) in [6.07, 6.45) is 12.4. The second-order valence-corrected chi connectivity index (χ2v) is 16.4. The van der Waals surface area contributed by atoms with Gasteiger partial charge in [0.2, 0.25) is 0 Å². The Bertz CT molecular complexity index is 1490. The minimum absolute atomic E-state index is 0.0411. The number of nitrogens with zero attached hydrogens (tertiary/aromatic N) is 2. The second kappa shape index (κ2) is 13.7. The number of carbonyl (C=O) groups is 2. The van der Waals surface area contributed by atoms with Crippen LogP contribution >= 0.6 is 23.4 Å². The summed E-state index contributed by atoms with van der Waals surface area (Å²) in [5, 5.41) is 0.798. The van der Waals surface area contributed by atoms with E-state index in [1.807, 2.05) is 30.8 Å². The van der Waals surface area contributed by atoms with Crippen molar-refractivity contribution in [2.75, 3.05) is 32.1 Å². The van der Waals surface area contributed by atoms with Crippen LogP contribution in [0.3, 0.4) is 0 Å². The molecule has 1 heterocycles. The molecule has 1 aliphatic heterocycles. The maximum atomic E-state index is 11.9. The number of halogens is 1. The zero-order valence-corrected chi connectivity index (χ0v) is 29.9. The lowest BCUT2D eigenvalue weighted by atomic mass is 9.47. The van der Waals surface area contributed by atoms with Gasteiger partial charge in [0.05, 0.1) is 11.4 Å². The molecule has 0 amide bonds. The first-order chi connectivity index (χ1) is 22.0. The molecule has 2 aromatic carbocycles. The van der Waals surface area contributed by atoms with Crippen molar-refractivity contribution < 1.29 is 14.3 Å². The highest BCUT2D eigenvalue weighted by atomic mass is 35.5. The fourth-order valence-corrected chi connectivity index (χ4v) is 10.8. The van der Waals surface area contributed by atoms with E-state index in [1.165, 1.54) is 46.0 Å². The zero-order chi connectivity index (χ0) is 32.6. The summed E-state index contributed by atoms with van der Waals surface area (Å²) in [7, 11) is 4.23. The highest BCUT2D eigenvalue weighted by Gasteiger charge is 2.59. The summed E-state index contributed by atoms with van der Waals surface area (Å²) in [6.45, 7) is 8.78. The number of rotatable bonds is 6. The van der Waals surface area contributed by atoms with Gasteiger partial charge in [0.1, 0.15) is 6.10 Å². The van der Waals surface area contributed by atoms with Crippen LogP contribution in [-0.4, -0.2) is 49.9 Å². The first-order valence-electron chi connectivity index (χ1n) is 17.5. The van der Waals surface area contributed by atoms with E-state index in [4.69, 9.17) is 16.3 Å². The van der Waals surface area contributed by atoms with E-state index in [9.17, 15) is 9.59 Å². The van der Waals surface area contributed by atoms with E-state index < -0.39 is 0 Å². The third-order valence-electron chi connectivity index (χ3n) is 12.0. The normalized spacial score (nSPS) is 31.0. The van der Waals surface area contributed by atoms with Gasteiger partial charge in [0.25, 0.3) is 0 Å².